The lowest BCUT2D eigenvalue weighted by molar-refractivity contribution is 0.100. The fourth-order valence-electron chi connectivity index (χ4n) is 2.48. The second-order valence-electron chi connectivity index (χ2n) is 5.62. The molecular weight excluding hydrogens is 290 g/mol. The second-order valence-corrected chi connectivity index (χ2v) is 6.62. The first-order valence-electron chi connectivity index (χ1n) is 7.18. The van der Waals surface area contributed by atoms with Gasteiger partial charge in [0.25, 0.3) is 5.91 Å². The molecule has 0 bridgehead atoms. The number of piperidine rings is 1. The fourth-order valence-corrected chi connectivity index (χ4v) is 3.53. The van der Waals surface area contributed by atoms with Crippen LogP contribution in [0.2, 0.25) is 0 Å². The molecule has 1 saturated heterocycles. The zero-order chi connectivity index (χ0) is 15.6. The Hall–Kier alpha value is -1.47. The van der Waals surface area contributed by atoms with E-state index in [4.69, 9.17) is 16.2 Å². The van der Waals surface area contributed by atoms with Crippen molar-refractivity contribution in [3.63, 3.8) is 0 Å². The minimum atomic E-state index is -0.525. The van der Waals surface area contributed by atoms with E-state index < -0.39 is 5.91 Å². The van der Waals surface area contributed by atoms with Crippen LogP contribution in [0.3, 0.4) is 0 Å². The Labute approximate surface area is 128 Å². The standard InChI is InChI=1S/C14H23N3O3S/c1-8(2)20-11-10(15)12(13(16)19)21-14(11)17-5-3-9(7-18)4-6-17/h8-9,18H,3-7,15H2,1-2H3,(H2,16,19). The molecule has 2 rings (SSSR count). The quantitative estimate of drug-likeness (QED) is 0.763. The molecule has 0 saturated carbocycles. The van der Waals surface area contributed by atoms with Gasteiger partial charge in [-0.25, -0.2) is 0 Å². The number of aliphatic hydroxyl groups is 1. The first-order valence-corrected chi connectivity index (χ1v) is 8.00. The Bertz CT molecular complexity index is 508. The van der Waals surface area contributed by atoms with Crippen molar-refractivity contribution < 1.29 is 14.6 Å². The van der Waals surface area contributed by atoms with Crippen LogP contribution in [0, 0.1) is 5.92 Å². The Balaban J connectivity index is 2.29. The number of nitrogen functional groups attached to an aromatic ring is 1. The Morgan fingerprint density at radius 3 is 2.57 bits per heavy atom. The van der Waals surface area contributed by atoms with Crippen molar-refractivity contribution in [3.05, 3.63) is 4.88 Å². The van der Waals surface area contributed by atoms with E-state index in [1.807, 2.05) is 13.8 Å². The van der Waals surface area contributed by atoms with E-state index in [9.17, 15) is 9.90 Å². The van der Waals surface area contributed by atoms with Crippen LogP contribution >= 0.6 is 11.3 Å². The van der Waals surface area contributed by atoms with Gasteiger partial charge in [-0.2, -0.15) is 0 Å². The fraction of sp³-hybridized carbons (Fsp3) is 0.643. The normalized spacial score (nSPS) is 16.5. The maximum absolute atomic E-state index is 11.5. The van der Waals surface area contributed by atoms with Gasteiger partial charge in [-0.15, -0.1) is 11.3 Å². The minimum Gasteiger partial charge on any atom is -0.486 e. The van der Waals surface area contributed by atoms with Crippen molar-refractivity contribution in [1.29, 1.82) is 0 Å². The van der Waals surface area contributed by atoms with Gasteiger partial charge in [0, 0.05) is 19.7 Å². The van der Waals surface area contributed by atoms with Crippen LogP contribution in [0.1, 0.15) is 36.4 Å². The number of hydrogen-bond acceptors (Lipinski definition) is 6. The molecule has 2 heterocycles. The van der Waals surface area contributed by atoms with Gasteiger partial charge in [-0.05, 0) is 32.6 Å². The summed E-state index contributed by atoms with van der Waals surface area (Å²) in [4.78, 5) is 14.0. The molecule has 7 heteroatoms. The molecule has 1 fully saturated rings. The summed E-state index contributed by atoms with van der Waals surface area (Å²) in [5, 5.41) is 10.1. The molecule has 0 spiro atoms. The van der Waals surface area contributed by atoms with Crippen LogP contribution in [-0.2, 0) is 0 Å². The highest BCUT2D eigenvalue weighted by Crippen LogP contribution is 2.46. The van der Waals surface area contributed by atoms with Gasteiger partial charge >= 0.3 is 0 Å². The van der Waals surface area contributed by atoms with Crippen LogP contribution < -0.4 is 21.1 Å². The van der Waals surface area contributed by atoms with Gasteiger partial charge in [0.2, 0.25) is 0 Å². The number of anilines is 2. The number of thiophene rings is 1. The van der Waals surface area contributed by atoms with Crippen LogP contribution in [0.4, 0.5) is 10.7 Å². The molecule has 0 radical (unpaired) electrons. The van der Waals surface area contributed by atoms with Crippen molar-refractivity contribution >= 4 is 27.9 Å². The van der Waals surface area contributed by atoms with E-state index in [1.54, 1.807) is 0 Å². The molecule has 1 aromatic rings. The maximum atomic E-state index is 11.5. The average molecular weight is 313 g/mol. The van der Waals surface area contributed by atoms with Crippen molar-refractivity contribution in [2.24, 2.45) is 11.7 Å². The lowest BCUT2D eigenvalue weighted by atomic mass is 9.98. The lowest BCUT2D eigenvalue weighted by Crippen LogP contribution is -2.34. The Morgan fingerprint density at radius 2 is 2.10 bits per heavy atom. The second kappa shape index (κ2) is 6.53. The molecule has 6 nitrogen and oxygen atoms in total. The molecule has 5 N–H and O–H groups in total. The number of hydrogen-bond donors (Lipinski definition) is 3. The summed E-state index contributed by atoms with van der Waals surface area (Å²) in [6.45, 7) is 5.70. The molecule has 0 atom stereocenters. The Kier molecular flexibility index (Phi) is 4.95. The third kappa shape index (κ3) is 3.41. The summed E-state index contributed by atoms with van der Waals surface area (Å²) >= 11 is 1.29. The zero-order valence-corrected chi connectivity index (χ0v) is 13.3. The van der Waals surface area contributed by atoms with E-state index in [0.29, 0.717) is 22.2 Å². The van der Waals surface area contributed by atoms with Crippen LogP contribution in [0.5, 0.6) is 5.75 Å². The zero-order valence-electron chi connectivity index (χ0n) is 12.5. The number of carbonyl (C=O) groups is 1. The minimum absolute atomic E-state index is 0.0312. The highest BCUT2D eigenvalue weighted by molar-refractivity contribution is 7.19. The molecule has 0 aliphatic carbocycles. The number of ether oxygens (including phenoxy) is 1. The summed E-state index contributed by atoms with van der Waals surface area (Å²) in [6, 6.07) is 0. The topological polar surface area (TPSA) is 102 Å². The predicted molar refractivity (Wildman–Crippen MR) is 85.0 cm³/mol. The van der Waals surface area contributed by atoms with Crippen molar-refractivity contribution in [2.75, 3.05) is 30.3 Å². The number of rotatable bonds is 5. The first-order chi connectivity index (χ1) is 9.93. The number of aliphatic hydroxyl groups excluding tert-OH is 1. The molecule has 1 aromatic heterocycles. The average Bonchev–Trinajstić information content (AvgIpc) is 2.76. The van der Waals surface area contributed by atoms with E-state index in [2.05, 4.69) is 4.90 Å². The van der Waals surface area contributed by atoms with Crippen molar-refractivity contribution in [1.82, 2.24) is 0 Å². The molecule has 21 heavy (non-hydrogen) atoms. The van der Waals surface area contributed by atoms with Crippen molar-refractivity contribution in [2.45, 2.75) is 32.8 Å². The number of amides is 1. The SMILES string of the molecule is CC(C)Oc1c(N2CCC(CO)CC2)sc(C(N)=O)c1N. The van der Waals surface area contributed by atoms with E-state index >= 15 is 0 Å². The van der Waals surface area contributed by atoms with Crippen LogP contribution in [-0.4, -0.2) is 36.8 Å². The molecule has 1 aliphatic heterocycles. The third-order valence-electron chi connectivity index (χ3n) is 3.62. The molecule has 1 aliphatic rings. The van der Waals surface area contributed by atoms with Gasteiger partial charge in [0.05, 0.1) is 6.10 Å². The first kappa shape index (κ1) is 15.9. The summed E-state index contributed by atoms with van der Waals surface area (Å²) < 4.78 is 5.80. The summed E-state index contributed by atoms with van der Waals surface area (Å²) in [5.41, 5.74) is 11.8. The molecule has 0 unspecified atom stereocenters. The molecular formula is C14H23N3O3S. The van der Waals surface area contributed by atoms with Gasteiger partial charge in [-0.1, -0.05) is 0 Å². The smallest absolute Gasteiger partial charge is 0.261 e. The largest absolute Gasteiger partial charge is 0.486 e. The third-order valence-corrected chi connectivity index (χ3v) is 4.88. The van der Waals surface area contributed by atoms with Crippen LogP contribution in [0.25, 0.3) is 0 Å². The number of nitrogens with two attached hydrogens (primary N) is 2. The predicted octanol–water partition coefficient (Wildman–Crippen LogP) is 1.43. The summed E-state index contributed by atoms with van der Waals surface area (Å²) in [7, 11) is 0. The highest BCUT2D eigenvalue weighted by Gasteiger charge is 2.28. The van der Waals surface area contributed by atoms with E-state index in [0.717, 1.165) is 30.9 Å². The summed E-state index contributed by atoms with van der Waals surface area (Å²) in [5.74, 6) is 0.387. The number of primary amides is 1. The van der Waals surface area contributed by atoms with Gasteiger partial charge in [0.15, 0.2) is 5.75 Å². The monoisotopic (exact) mass is 313 g/mol. The molecule has 118 valence electrons. The van der Waals surface area contributed by atoms with Gasteiger partial charge < -0.3 is 26.2 Å². The maximum Gasteiger partial charge on any atom is 0.261 e. The lowest BCUT2D eigenvalue weighted by Gasteiger charge is -2.32. The van der Waals surface area contributed by atoms with Crippen molar-refractivity contribution in [3.8, 4) is 5.75 Å². The van der Waals surface area contributed by atoms with Gasteiger partial charge in [0.1, 0.15) is 15.6 Å². The van der Waals surface area contributed by atoms with E-state index in [1.165, 1.54) is 11.3 Å². The van der Waals surface area contributed by atoms with Crippen LogP contribution in [0.15, 0.2) is 0 Å². The van der Waals surface area contributed by atoms with Gasteiger partial charge in [-0.3, -0.25) is 4.79 Å². The number of carbonyl (C=O) groups excluding carboxylic acids is 1. The van der Waals surface area contributed by atoms with E-state index in [-0.39, 0.29) is 12.7 Å². The summed E-state index contributed by atoms with van der Waals surface area (Å²) in [6.07, 6.45) is 1.80. The number of nitrogens with zero attached hydrogens (tertiary/aromatic N) is 1. The highest BCUT2D eigenvalue weighted by atomic mass is 32.1. The molecule has 0 aromatic carbocycles. The Morgan fingerprint density at radius 1 is 1.48 bits per heavy atom. The molecule has 1 amide bonds.